The molecule has 1 fully saturated rings. The Morgan fingerprint density at radius 3 is 2.26 bits per heavy atom. The molecule has 0 saturated carbocycles. The van der Waals surface area contributed by atoms with Crippen molar-refractivity contribution in [2.24, 2.45) is 5.73 Å². The van der Waals surface area contributed by atoms with Gasteiger partial charge in [-0.2, -0.15) is 18.2 Å². The van der Waals surface area contributed by atoms with Gasteiger partial charge in [0.25, 0.3) is 0 Å². The second-order valence-electron chi connectivity index (χ2n) is 6.30. The average molecular weight is 445 g/mol. The number of rotatable bonds is 4. The van der Waals surface area contributed by atoms with Crippen LogP contribution in [0.4, 0.5) is 24.9 Å². The fourth-order valence-corrected chi connectivity index (χ4v) is 3.34. The van der Waals surface area contributed by atoms with E-state index in [1.54, 1.807) is 6.20 Å². The van der Waals surface area contributed by atoms with E-state index in [2.05, 4.69) is 30.8 Å². The zero-order chi connectivity index (χ0) is 19.6. The van der Waals surface area contributed by atoms with Crippen molar-refractivity contribution in [3.05, 3.63) is 46.1 Å². The molecule has 1 saturated heterocycles. The molecule has 1 aromatic heterocycles. The topological polar surface area (TPSA) is 84.3 Å². The summed E-state index contributed by atoms with van der Waals surface area (Å²) >= 11 is 3.27. The molecule has 0 radical (unpaired) electrons. The van der Waals surface area contributed by atoms with Crippen molar-refractivity contribution >= 4 is 27.7 Å². The fraction of sp³-hybridized carbons (Fsp3) is 0.412. The van der Waals surface area contributed by atoms with Crippen molar-refractivity contribution in [2.45, 2.75) is 12.2 Å². The number of aromatic nitrogens is 2. The quantitative estimate of drug-likeness (QED) is 0.753. The molecule has 146 valence electrons. The number of anilines is 2. The molecular formula is C17H20BrF3N6. The second-order valence-corrected chi connectivity index (χ2v) is 7.15. The second kappa shape index (κ2) is 7.99. The van der Waals surface area contributed by atoms with Gasteiger partial charge in [-0.1, -0.05) is 12.1 Å². The first kappa shape index (κ1) is 19.8. The van der Waals surface area contributed by atoms with Crippen LogP contribution in [0.5, 0.6) is 0 Å². The van der Waals surface area contributed by atoms with Crippen molar-refractivity contribution in [1.29, 1.82) is 0 Å². The molecule has 1 aliphatic rings. The maximum atomic E-state index is 12.8. The molecule has 0 spiro atoms. The van der Waals surface area contributed by atoms with E-state index in [1.807, 2.05) is 4.90 Å². The molecule has 6 nitrogen and oxygen atoms in total. The third kappa shape index (κ3) is 4.50. The maximum absolute atomic E-state index is 12.8. The van der Waals surface area contributed by atoms with Gasteiger partial charge >= 0.3 is 6.18 Å². The molecule has 27 heavy (non-hydrogen) atoms. The van der Waals surface area contributed by atoms with Crippen LogP contribution in [0.1, 0.15) is 17.2 Å². The summed E-state index contributed by atoms with van der Waals surface area (Å²) in [7, 11) is 0. The van der Waals surface area contributed by atoms with Gasteiger partial charge < -0.3 is 16.4 Å². The number of hydrogen-bond donors (Lipinski definition) is 2. The van der Waals surface area contributed by atoms with Crippen LogP contribution >= 0.6 is 15.9 Å². The van der Waals surface area contributed by atoms with E-state index in [-0.39, 0.29) is 6.04 Å². The number of benzene rings is 1. The van der Waals surface area contributed by atoms with Crippen molar-refractivity contribution in [2.75, 3.05) is 43.4 Å². The van der Waals surface area contributed by atoms with E-state index in [9.17, 15) is 13.2 Å². The Hall–Kier alpha value is -1.91. The average Bonchev–Trinajstić information content (AvgIpc) is 2.65. The van der Waals surface area contributed by atoms with Gasteiger partial charge in [-0.3, -0.25) is 4.90 Å². The van der Waals surface area contributed by atoms with E-state index in [0.29, 0.717) is 49.0 Å². The van der Waals surface area contributed by atoms with E-state index >= 15 is 0 Å². The van der Waals surface area contributed by atoms with E-state index in [4.69, 9.17) is 11.5 Å². The summed E-state index contributed by atoms with van der Waals surface area (Å²) in [6, 6.07) is 5.08. The lowest BCUT2D eigenvalue weighted by Crippen LogP contribution is -2.49. The normalized spacial score (nSPS) is 17.1. The zero-order valence-corrected chi connectivity index (χ0v) is 16.0. The van der Waals surface area contributed by atoms with Crippen LogP contribution in [0.2, 0.25) is 0 Å². The molecule has 1 atom stereocenters. The van der Waals surface area contributed by atoms with Crippen LogP contribution in [-0.2, 0) is 6.18 Å². The lowest BCUT2D eigenvalue weighted by Gasteiger charge is -2.39. The van der Waals surface area contributed by atoms with Crippen molar-refractivity contribution in [3.63, 3.8) is 0 Å². The van der Waals surface area contributed by atoms with E-state index in [1.165, 1.54) is 12.1 Å². The molecule has 1 aromatic carbocycles. The van der Waals surface area contributed by atoms with Gasteiger partial charge in [-0.15, -0.1) is 0 Å². The van der Waals surface area contributed by atoms with Gasteiger partial charge in [0.1, 0.15) is 5.82 Å². The zero-order valence-electron chi connectivity index (χ0n) is 14.5. The Kier molecular flexibility index (Phi) is 5.87. The first-order valence-electron chi connectivity index (χ1n) is 8.44. The van der Waals surface area contributed by atoms with E-state index in [0.717, 1.165) is 17.7 Å². The Morgan fingerprint density at radius 1 is 1.11 bits per heavy atom. The SMILES string of the molecule is NCC(c1ccc(C(F)(F)F)cc1)N1CCN(c2ncc(Br)c(N)n2)CC1. The Morgan fingerprint density at radius 2 is 1.74 bits per heavy atom. The Balaban J connectivity index is 1.67. The highest BCUT2D eigenvalue weighted by atomic mass is 79.9. The van der Waals surface area contributed by atoms with Gasteiger partial charge in [-0.25, -0.2) is 4.98 Å². The minimum absolute atomic E-state index is 0.134. The van der Waals surface area contributed by atoms with E-state index < -0.39 is 11.7 Å². The monoisotopic (exact) mass is 444 g/mol. The van der Waals surface area contributed by atoms with Crippen LogP contribution in [0.25, 0.3) is 0 Å². The van der Waals surface area contributed by atoms with Crippen LogP contribution in [0.3, 0.4) is 0 Å². The molecule has 2 heterocycles. The Labute approximate surface area is 163 Å². The number of nitrogens with two attached hydrogens (primary N) is 2. The first-order chi connectivity index (χ1) is 12.8. The fourth-order valence-electron chi connectivity index (χ4n) is 3.15. The summed E-state index contributed by atoms with van der Waals surface area (Å²) in [5.41, 5.74) is 11.9. The molecular weight excluding hydrogens is 425 g/mol. The van der Waals surface area contributed by atoms with Gasteiger partial charge in [0.15, 0.2) is 0 Å². The third-order valence-electron chi connectivity index (χ3n) is 4.64. The number of alkyl halides is 3. The highest BCUT2D eigenvalue weighted by Crippen LogP contribution is 2.31. The predicted octanol–water partition coefficient (Wildman–Crippen LogP) is 2.66. The van der Waals surface area contributed by atoms with Gasteiger partial charge in [0.05, 0.1) is 10.0 Å². The van der Waals surface area contributed by atoms with Gasteiger partial charge in [-0.05, 0) is 33.6 Å². The number of piperazine rings is 1. The molecule has 10 heteroatoms. The molecule has 0 aliphatic carbocycles. The van der Waals surface area contributed by atoms with Crippen LogP contribution < -0.4 is 16.4 Å². The summed E-state index contributed by atoms with van der Waals surface area (Å²) < 4.78 is 38.9. The summed E-state index contributed by atoms with van der Waals surface area (Å²) in [6.45, 7) is 3.08. The van der Waals surface area contributed by atoms with Gasteiger partial charge in [0, 0.05) is 45.0 Å². The number of halogens is 4. The minimum Gasteiger partial charge on any atom is -0.383 e. The first-order valence-corrected chi connectivity index (χ1v) is 9.23. The lowest BCUT2D eigenvalue weighted by atomic mass is 10.0. The smallest absolute Gasteiger partial charge is 0.383 e. The third-order valence-corrected chi connectivity index (χ3v) is 5.25. The molecule has 2 aromatic rings. The van der Waals surface area contributed by atoms with Crippen molar-refractivity contribution in [3.8, 4) is 0 Å². The van der Waals surface area contributed by atoms with Gasteiger partial charge in [0.2, 0.25) is 5.95 Å². The highest BCUT2D eigenvalue weighted by Gasteiger charge is 2.31. The van der Waals surface area contributed by atoms with Crippen molar-refractivity contribution < 1.29 is 13.2 Å². The Bertz CT molecular complexity index is 775. The van der Waals surface area contributed by atoms with Crippen LogP contribution in [0, 0.1) is 0 Å². The molecule has 0 bridgehead atoms. The standard InChI is InChI=1S/C17H20BrF3N6/c18-13-10-24-16(25-15(13)23)27-7-5-26(6-8-27)14(9-22)11-1-3-12(4-2-11)17(19,20)21/h1-4,10,14H,5-9,22H2,(H2,23,24,25). The number of nitrogen functional groups attached to an aromatic ring is 1. The van der Waals surface area contributed by atoms with Crippen LogP contribution in [0.15, 0.2) is 34.9 Å². The van der Waals surface area contributed by atoms with Crippen molar-refractivity contribution in [1.82, 2.24) is 14.9 Å². The molecule has 4 N–H and O–H groups in total. The predicted molar refractivity (Wildman–Crippen MR) is 101 cm³/mol. The maximum Gasteiger partial charge on any atom is 0.416 e. The molecule has 0 amide bonds. The number of nitrogens with zero attached hydrogens (tertiary/aromatic N) is 4. The number of hydrogen-bond acceptors (Lipinski definition) is 6. The molecule has 3 rings (SSSR count). The van der Waals surface area contributed by atoms with Crippen LogP contribution in [-0.4, -0.2) is 47.6 Å². The largest absolute Gasteiger partial charge is 0.416 e. The minimum atomic E-state index is -4.34. The summed E-state index contributed by atoms with van der Waals surface area (Å²) in [5.74, 6) is 0.946. The molecule has 1 aliphatic heterocycles. The summed E-state index contributed by atoms with van der Waals surface area (Å²) in [4.78, 5) is 12.8. The molecule has 1 unspecified atom stereocenters. The lowest BCUT2D eigenvalue weighted by molar-refractivity contribution is -0.137. The summed E-state index contributed by atoms with van der Waals surface area (Å²) in [5, 5.41) is 0. The summed E-state index contributed by atoms with van der Waals surface area (Å²) in [6.07, 6.45) is -2.72. The highest BCUT2D eigenvalue weighted by molar-refractivity contribution is 9.10.